The lowest BCUT2D eigenvalue weighted by atomic mass is 10.1. The van der Waals surface area contributed by atoms with Crippen LogP contribution in [0.5, 0.6) is 0 Å². The van der Waals surface area contributed by atoms with Gasteiger partial charge in [0.1, 0.15) is 17.2 Å². The van der Waals surface area contributed by atoms with Gasteiger partial charge in [-0.05, 0) is 43.3 Å². The third-order valence-corrected chi connectivity index (χ3v) is 5.09. The number of hydrogen-bond donors (Lipinski definition) is 2. The Bertz CT molecular complexity index is 943. The first-order valence-corrected chi connectivity index (χ1v) is 9.42. The average molecular weight is 388 g/mol. The minimum absolute atomic E-state index is 0.0228. The van der Waals surface area contributed by atoms with Crippen molar-refractivity contribution in [3.63, 3.8) is 0 Å². The van der Waals surface area contributed by atoms with Gasteiger partial charge >= 0.3 is 0 Å². The minimum atomic E-state index is -0.149. The molecule has 6 nitrogen and oxygen atoms in total. The molecule has 2 N–H and O–H groups in total. The maximum absolute atomic E-state index is 12.7. The number of carbonyl (C=O) groups is 1. The van der Waals surface area contributed by atoms with Crippen molar-refractivity contribution in [1.82, 2.24) is 15.2 Å². The number of morpholine rings is 1. The van der Waals surface area contributed by atoms with Crippen molar-refractivity contribution < 1.29 is 13.9 Å². The average Bonchev–Trinajstić information content (AvgIpc) is 3.28. The molecule has 7 heteroatoms. The number of benzene rings is 1. The molecule has 0 aliphatic carbocycles. The van der Waals surface area contributed by atoms with Gasteiger partial charge in [0.05, 0.1) is 19.3 Å². The number of nitrogens with zero attached hydrogens (tertiary/aromatic N) is 1. The van der Waals surface area contributed by atoms with E-state index < -0.39 is 0 Å². The lowest BCUT2D eigenvalue weighted by molar-refractivity contribution is 0.0117. The van der Waals surface area contributed by atoms with Gasteiger partial charge < -0.3 is 19.5 Å². The van der Waals surface area contributed by atoms with Crippen LogP contribution < -0.4 is 5.32 Å². The first-order chi connectivity index (χ1) is 13.1. The summed E-state index contributed by atoms with van der Waals surface area (Å²) in [5.41, 5.74) is 1.40. The second-order valence-electron chi connectivity index (χ2n) is 6.74. The van der Waals surface area contributed by atoms with Gasteiger partial charge in [-0.2, -0.15) is 0 Å². The van der Waals surface area contributed by atoms with Crippen molar-refractivity contribution in [2.45, 2.75) is 13.0 Å². The Kier molecular flexibility index (Phi) is 5.20. The number of amides is 1. The molecule has 142 valence electrons. The van der Waals surface area contributed by atoms with Crippen molar-refractivity contribution >= 4 is 28.4 Å². The Hall–Kier alpha value is -2.28. The number of ether oxygens (including phenoxy) is 1. The van der Waals surface area contributed by atoms with Crippen LogP contribution in [0.1, 0.15) is 28.1 Å². The predicted octanol–water partition coefficient (Wildman–Crippen LogP) is 3.53. The fraction of sp³-hybridized carbons (Fsp3) is 0.350. The summed E-state index contributed by atoms with van der Waals surface area (Å²) >= 11 is 6.03. The molecule has 0 unspecified atom stereocenters. The van der Waals surface area contributed by atoms with Gasteiger partial charge in [0.25, 0.3) is 5.91 Å². The van der Waals surface area contributed by atoms with E-state index in [9.17, 15) is 4.79 Å². The first kappa shape index (κ1) is 18.1. The van der Waals surface area contributed by atoms with Gasteiger partial charge in [0.2, 0.25) is 0 Å². The minimum Gasteiger partial charge on any atom is -0.465 e. The highest BCUT2D eigenvalue weighted by Crippen LogP contribution is 2.24. The van der Waals surface area contributed by atoms with E-state index in [0.29, 0.717) is 30.5 Å². The Morgan fingerprint density at radius 3 is 2.81 bits per heavy atom. The monoisotopic (exact) mass is 387 g/mol. The van der Waals surface area contributed by atoms with Crippen LogP contribution in [0.25, 0.3) is 10.9 Å². The molecule has 0 spiro atoms. The highest BCUT2D eigenvalue weighted by molar-refractivity contribution is 6.31. The van der Waals surface area contributed by atoms with E-state index in [1.165, 1.54) is 0 Å². The van der Waals surface area contributed by atoms with Gasteiger partial charge in [-0.15, -0.1) is 0 Å². The topological polar surface area (TPSA) is 70.5 Å². The van der Waals surface area contributed by atoms with Gasteiger partial charge in [-0.3, -0.25) is 9.69 Å². The number of nitrogens with one attached hydrogen (secondary N) is 2. The predicted molar refractivity (Wildman–Crippen MR) is 104 cm³/mol. The quantitative estimate of drug-likeness (QED) is 0.702. The molecule has 1 aromatic carbocycles. The van der Waals surface area contributed by atoms with E-state index in [1.54, 1.807) is 6.07 Å². The molecule has 3 aromatic rings. The molecule has 1 amide bonds. The number of rotatable bonds is 5. The molecule has 1 aliphatic rings. The number of hydrogen-bond acceptors (Lipinski definition) is 4. The molecule has 0 radical (unpaired) electrons. The lowest BCUT2D eigenvalue weighted by Gasteiger charge is -2.33. The molecular weight excluding hydrogens is 366 g/mol. The van der Waals surface area contributed by atoms with E-state index in [4.69, 9.17) is 20.8 Å². The summed E-state index contributed by atoms with van der Waals surface area (Å²) in [6, 6.07) is 11.2. The smallest absolute Gasteiger partial charge is 0.267 e. The summed E-state index contributed by atoms with van der Waals surface area (Å²) in [6.45, 7) is 5.38. The van der Waals surface area contributed by atoms with Gasteiger partial charge in [0, 0.05) is 35.6 Å². The van der Waals surface area contributed by atoms with Crippen molar-refractivity contribution in [2.75, 3.05) is 32.8 Å². The maximum Gasteiger partial charge on any atom is 0.267 e. The van der Waals surface area contributed by atoms with Crippen LogP contribution in [0, 0.1) is 6.92 Å². The normalized spacial score (nSPS) is 16.5. The number of fused-ring (bicyclic) bond motifs is 1. The van der Waals surface area contributed by atoms with Crippen LogP contribution >= 0.6 is 11.6 Å². The molecule has 3 heterocycles. The molecule has 0 bridgehead atoms. The summed E-state index contributed by atoms with van der Waals surface area (Å²) < 4.78 is 11.3. The fourth-order valence-electron chi connectivity index (χ4n) is 3.44. The molecule has 0 saturated carbocycles. The standard InChI is InChI=1S/C20H22ClN3O3/c1-13-2-5-19(27-13)18(24-6-8-26-9-7-24)12-22-20(25)17-11-14-10-15(21)3-4-16(14)23-17/h2-5,10-11,18,23H,6-9,12H2,1H3,(H,22,25)/t18-/m1/s1. The summed E-state index contributed by atoms with van der Waals surface area (Å²) in [4.78, 5) is 18.1. The van der Waals surface area contributed by atoms with Gasteiger partial charge in [0.15, 0.2) is 0 Å². The Balaban J connectivity index is 1.49. The first-order valence-electron chi connectivity index (χ1n) is 9.05. The summed E-state index contributed by atoms with van der Waals surface area (Å²) in [5.74, 6) is 1.57. The zero-order valence-corrected chi connectivity index (χ0v) is 15.9. The number of H-pyrrole nitrogens is 1. The molecule has 4 rings (SSSR count). The van der Waals surface area contributed by atoms with E-state index in [2.05, 4.69) is 15.2 Å². The lowest BCUT2D eigenvalue weighted by Crippen LogP contribution is -2.43. The molecular formula is C20H22ClN3O3. The highest BCUT2D eigenvalue weighted by Gasteiger charge is 2.26. The van der Waals surface area contributed by atoms with E-state index >= 15 is 0 Å². The number of aromatic amines is 1. The van der Waals surface area contributed by atoms with Crippen LogP contribution in [-0.4, -0.2) is 48.6 Å². The largest absolute Gasteiger partial charge is 0.465 e. The summed E-state index contributed by atoms with van der Waals surface area (Å²) in [6.07, 6.45) is 0. The zero-order valence-electron chi connectivity index (χ0n) is 15.1. The number of aromatic nitrogens is 1. The van der Waals surface area contributed by atoms with Gasteiger partial charge in [-0.1, -0.05) is 11.6 Å². The van der Waals surface area contributed by atoms with Crippen LogP contribution in [0.3, 0.4) is 0 Å². The fourth-order valence-corrected chi connectivity index (χ4v) is 3.62. The Morgan fingerprint density at radius 2 is 2.07 bits per heavy atom. The number of furan rings is 1. The summed E-state index contributed by atoms with van der Waals surface area (Å²) in [7, 11) is 0. The van der Waals surface area contributed by atoms with Gasteiger partial charge in [-0.25, -0.2) is 0 Å². The Labute approximate surface area is 162 Å². The zero-order chi connectivity index (χ0) is 18.8. The van der Waals surface area contributed by atoms with Crippen molar-refractivity contribution in [1.29, 1.82) is 0 Å². The van der Waals surface area contributed by atoms with Crippen molar-refractivity contribution in [2.24, 2.45) is 0 Å². The van der Waals surface area contributed by atoms with Crippen LogP contribution in [0.4, 0.5) is 0 Å². The van der Waals surface area contributed by atoms with Crippen LogP contribution in [0.15, 0.2) is 40.8 Å². The SMILES string of the molecule is Cc1ccc([C@@H](CNC(=O)c2cc3cc(Cl)ccc3[nH]2)N2CCOCC2)o1. The molecule has 2 aromatic heterocycles. The maximum atomic E-state index is 12.7. The van der Waals surface area contributed by atoms with Crippen molar-refractivity contribution in [3.8, 4) is 0 Å². The van der Waals surface area contributed by atoms with Crippen LogP contribution in [0.2, 0.25) is 5.02 Å². The molecule has 27 heavy (non-hydrogen) atoms. The van der Waals surface area contributed by atoms with E-state index in [0.717, 1.165) is 35.5 Å². The van der Waals surface area contributed by atoms with Crippen molar-refractivity contribution in [3.05, 3.63) is 58.6 Å². The Morgan fingerprint density at radius 1 is 1.26 bits per heavy atom. The molecule has 1 saturated heterocycles. The second-order valence-corrected chi connectivity index (χ2v) is 7.17. The number of carbonyl (C=O) groups excluding carboxylic acids is 1. The third kappa shape index (κ3) is 4.03. The molecule has 1 aliphatic heterocycles. The number of halogens is 1. The summed E-state index contributed by atoms with van der Waals surface area (Å²) in [5, 5.41) is 4.60. The molecule has 1 fully saturated rings. The highest BCUT2D eigenvalue weighted by atomic mass is 35.5. The van der Waals surface area contributed by atoms with E-state index in [-0.39, 0.29) is 11.9 Å². The molecule has 1 atom stereocenters. The second kappa shape index (κ2) is 7.76. The van der Waals surface area contributed by atoms with Crippen LogP contribution in [-0.2, 0) is 4.74 Å². The third-order valence-electron chi connectivity index (χ3n) is 4.86. The number of aryl methyl sites for hydroxylation is 1. The van der Waals surface area contributed by atoms with E-state index in [1.807, 2.05) is 37.3 Å².